The summed E-state index contributed by atoms with van der Waals surface area (Å²) in [6.07, 6.45) is 6.55. The van der Waals surface area contributed by atoms with Crippen molar-refractivity contribution in [1.82, 2.24) is 10.6 Å². The second-order valence-corrected chi connectivity index (χ2v) is 5.56. The second-order valence-electron chi connectivity index (χ2n) is 5.56. The lowest BCUT2D eigenvalue weighted by Crippen LogP contribution is -2.49. The van der Waals surface area contributed by atoms with E-state index in [4.69, 9.17) is 5.73 Å². The Morgan fingerprint density at radius 3 is 2.67 bits per heavy atom. The Labute approximate surface area is 108 Å². The van der Waals surface area contributed by atoms with Crippen molar-refractivity contribution < 1.29 is 9.59 Å². The molecule has 1 aliphatic carbocycles. The first kappa shape index (κ1) is 13.3. The van der Waals surface area contributed by atoms with Crippen molar-refractivity contribution in [2.24, 2.45) is 11.1 Å². The first-order valence-corrected chi connectivity index (χ1v) is 6.94. The zero-order valence-corrected chi connectivity index (χ0v) is 10.8. The standard InChI is InChI=1S/C13H23N3O2/c14-9-13(6-2-1-3-7-13)12(18)15-8-10-4-5-11(17)16-10/h10H,1-9,14H2,(H,15,18)(H,16,17). The molecule has 2 fully saturated rings. The Kier molecular flexibility index (Phi) is 4.22. The van der Waals surface area contributed by atoms with Gasteiger partial charge in [-0.05, 0) is 19.3 Å². The lowest BCUT2D eigenvalue weighted by molar-refractivity contribution is -0.132. The minimum atomic E-state index is -0.360. The lowest BCUT2D eigenvalue weighted by atomic mass is 9.73. The second kappa shape index (κ2) is 5.69. The molecule has 0 spiro atoms. The van der Waals surface area contributed by atoms with Crippen LogP contribution >= 0.6 is 0 Å². The molecule has 1 saturated carbocycles. The first-order valence-electron chi connectivity index (χ1n) is 6.94. The van der Waals surface area contributed by atoms with Gasteiger partial charge in [-0.15, -0.1) is 0 Å². The summed E-state index contributed by atoms with van der Waals surface area (Å²) in [7, 11) is 0. The first-order chi connectivity index (χ1) is 8.66. The van der Waals surface area contributed by atoms with Gasteiger partial charge in [0.15, 0.2) is 0 Å². The van der Waals surface area contributed by atoms with E-state index in [1.165, 1.54) is 6.42 Å². The van der Waals surface area contributed by atoms with Crippen molar-refractivity contribution in [3.05, 3.63) is 0 Å². The molecule has 0 aromatic heterocycles. The molecular weight excluding hydrogens is 230 g/mol. The van der Waals surface area contributed by atoms with E-state index >= 15 is 0 Å². The number of nitrogens with two attached hydrogens (primary N) is 1. The van der Waals surface area contributed by atoms with Crippen molar-refractivity contribution in [1.29, 1.82) is 0 Å². The summed E-state index contributed by atoms with van der Waals surface area (Å²) >= 11 is 0. The van der Waals surface area contributed by atoms with Crippen LogP contribution in [-0.4, -0.2) is 30.9 Å². The van der Waals surface area contributed by atoms with Gasteiger partial charge in [0, 0.05) is 25.6 Å². The summed E-state index contributed by atoms with van der Waals surface area (Å²) in [5.41, 5.74) is 5.45. The van der Waals surface area contributed by atoms with Gasteiger partial charge in [0.1, 0.15) is 0 Å². The van der Waals surface area contributed by atoms with Gasteiger partial charge < -0.3 is 16.4 Å². The molecule has 2 aliphatic rings. The molecule has 1 unspecified atom stereocenters. The smallest absolute Gasteiger partial charge is 0.227 e. The normalized spacial score (nSPS) is 26.7. The third-order valence-corrected chi connectivity index (χ3v) is 4.28. The summed E-state index contributed by atoms with van der Waals surface area (Å²) in [6, 6.07) is 0.0971. The predicted octanol–water partition coefficient (Wildman–Crippen LogP) is 0.290. The molecule has 0 aromatic rings. The van der Waals surface area contributed by atoms with E-state index in [0.29, 0.717) is 19.5 Å². The Morgan fingerprint density at radius 1 is 1.39 bits per heavy atom. The van der Waals surface area contributed by atoms with E-state index in [9.17, 15) is 9.59 Å². The van der Waals surface area contributed by atoms with Crippen LogP contribution in [0.15, 0.2) is 0 Å². The lowest BCUT2D eigenvalue weighted by Gasteiger charge is -2.34. The molecule has 5 heteroatoms. The van der Waals surface area contributed by atoms with Gasteiger partial charge in [-0.3, -0.25) is 9.59 Å². The third kappa shape index (κ3) is 2.83. The minimum Gasteiger partial charge on any atom is -0.354 e. The molecular formula is C13H23N3O2. The maximum Gasteiger partial charge on any atom is 0.227 e. The van der Waals surface area contributed by atoms with Gasteiger partial charge in [-0.1, -0.05) is 19.3 Å². The average Bonchev–Trinajstić information content (AvgIpc) is 2.82. The molecule has 4 N–H and O–H groups in total. The van der Waals surface area contributed by atoms with Crippen LogP contribution in [0.3, 0.4) is 0 Å². The number of rotatable bonds is 4. The van der Waals surface area contributed by atoms with E-state index in [1.807, 2.05) is 0 Å². The van der Waals surface area contributed by atoms with E-state index in [2.05, 4.69) is 10.6 Å². The van der Waals surface area contributed by atoms with Crippen molar-refractivity contribution in [2.45, 2.75) is 51.0 Å². The van der Waals surface area contributed by atoms with E-state index in [-0.39, 0.29) is 23.3 Å². The molecule has 1 atom stereocenters. The van der Waals surface area contributed by atoms with E-state index < -0.39 is 0 Å². The number of carbonyl (C=O) groups excluding carboxylic acids is 2. The van der Waals surface area contributed by atoms with Crippen molar-refractivity contribution in [3.8, 4) is 0 Å². The number of hydrogen-bond acceptors (Lipinski definition) is 3. The van der Waals surface area contributed by atoms with Gasteiger partial charge in [-0.2, -0.15) is 0 Å². The number of nitrogens with one attached hydrogen (secondary N) is 2. The van der Waals surface area contributed by atoms with Gasteiger partial charge in [0.25, 0.3) is 0 Å². The Balaban J connectivity index is 1.84. The van der Waals surface area contributed by atoms with Crippen LogP contribution in [0.5, 0.6) is 0 Å². The van der Waals surface area contributed by atoms with Crippen molar-refractivity contribution in [2.75, 3.05) is 13.1 Å². The van der Waals surface area contributed by atoms with Gasteiger partial charge in [0.05, 0.1) is 5.41 Å². The zero-order chi connectivity index (χ0) is 13.0. The van der Waals surface area contributed by atoms with Crippen LogP contribution in [0, 0.1) is 5.41 Å². The van der Waals surface area contributed by atoms with Crippen molar-refractivity contribution >= 4 is 11.8 Å². The highest BCUT2D eigenvalue weighted by Crippen LogP contribution is 2.35. The molecule has 5 nitrogen and oxygen atoms in total. The average molecular weight is 253 g/mol. The van der Waals surface area contributed by atoms with Crippen LogP contribution in [0.1, 0.15) is 44.9 Å². The quantitative estimate of drug-likeness (QED) is 0.673. The van der Waals surface area contributed by atoms with Crippen LogP contribution in [0.25, 0.3) is 0 Å². The van der Waals surface area contributed by atoms with Gasteiger partial charge >= 0.3 is 0 Å². The maximum atomic E-state index is 12.3. The van der Waals surface area contributed by atoms with Gasteiger partial charge in [0.2, 0.25) is 11.8 Å². The fourth-order valence-corrected chi connectivity index (χ4v) is 2.99. The fourth-order valence-electron chi connectivity index (χ4n) is 2.99. The van der Waals surface area contributed by atoms with Crippen LogP contribution in [0.4, 0.5) is 0 Å². The zero-order valence-electron chi connectivity index (χ0n) is 10.8. The highest BCUT2D eigenvalue weighted by molar-refractivity contribution is 5.83. The molecule has 0 aromatic carbocycles. The number of carbonyl (C=O) groups is 2. The third-order valence-electron chi connectivity index (χ3n) is 4.28. The Bertz CT molecular complexity index is 324. The molecule has 1 aliphatic heterocycles. The van der Waals surface area contributed by atoms with Crippen molar-refractivity contribution in [3.63, 3.8) is 0 Å². The van der Waals surface area contributed by atoms with Crippen LogP contribution < -0.4 is 16.4 Å². The molecule has 0 bridgehead atoms. The summed E-state index contributed by atoms with van der Waals surface area (Å²) < 4.78 is 0. The van der Waals surface area contributed by atoms with Crippen LogP contribution in [0.2, 0.25) is 0 Å². The summed E-state index contributed by atoms with van der Waals surface area (Å²) in [6.45, 7) is 0.960. The van der Waals surface area contributed by atoms with E-state index in [0.717, 1.165) is 32.1 Å². The fraction of sp³-hybridized carbons (Fsp3) is 0.846. The molecule has 2 rings (SSSR count). The van der Waals surface area contributed by atoms with Gasteiger partial charge in [-0.25, -0.2) is 0 Å². The Hall–Kier alpha value is -1.10. The predicted molar refractivity (Wildman–Crippen MR) is 68.7 cm³/mol. The minimum absolute atomic E-state index is 0.0749. The highest BCUT2D eigenvalue weighted by Gasteiger charge is 2.38. The summed E-state index contributed by atoms with van der Waals surface area (Å²) in [5.74, 6) is 0.159. The number of amides is 2. The maximum absolute atomic E-state index is 12.3. The molecule has 1 heterocycles. The topological polar surface area (TPSA) is 84.2 Å². The molecule has 102 valence electrons. The molecule has 2 amide bonds. The monoisotopic (exact) mass is 253 g/mol. The largest absolute Gasteiger partial charge is 0.354 e. The summed E-state index contributed by atoms with van der Waals surface area (Å²) in [4.78, 5) is 23.4. The summed E-state index contributed by atoms with van der Waals surface area (Å²) in [5, 5.41) is 5.83. The Morgan fingerprint density at radius 2 is 2.11 bits per heavy atom. The van der Waals surface area contributed by atoms with E-state index in [1.54, 1.807) is 0 Å². The van der Waals surface area contributed by atoms with Crippen LogP contribution in [-0.2, 0) is 9.59 Å². The molecule has 1 saturated heterocycles. The molecule has 18 heavy (non-hydrogen) atoms. The number of hydrogen-bond donors (Lipinski definition) is 3. The highest BCUT2D eigenvalue weighted by atomic mass is 16.2. The SMILES string of the molecule is NCC1(C(=O)NCC2CCC(=O)N2)CCCCC1. The molecule has 0 radical (unpaired) electrons.